The zero-order valence-electron chi connectivity index (χ0n) is 14.3. The van der Waals surface area contributed by atoms with E-state index in [0.717, 1.165) is 46.4 Å². The molecule has 0 atom stereocenters. The summed E-state index contributed by atoms with van der Waals surface area (Å²) in [5.74, 6) is 0. The molecule has 0 radical (unpaired) electrons. The minimum atomic E-state index is -0.314. The van der Waals surface area contributed by atoms with E-state index in [1.54, 1.807) is 0 Å². The molecule has 0 saturated heterocycles. The quantitative estimate of drug-likeness (QED) is 0.725. The first-order chi connectivity index (χ1) is 12.1. The number of aromatic nitrogens is 1. The second kappa shape index (κ2) is 5.75. The van der Waals surface area contributed by atoms with Crippen molar-refractivity contribution >= 4 is 0 Å². The van der Waals surface area contributed by atoms with Crippen LogP contribution in [0.15, 0.2) is 47.3 Å². The van der Waals surface area contributed by atoms with Gasteiger partial charge in [0, 0.05) is 11.1 Å². The van der Waals surface area contributed by atoms with Gasteiger partial charge >= 0.3 is 0 Å². The van der Waals surface area contributed by atoms with Crippen molar-refractivity contribution in [1.29, 1.82) is 5.26 Å². The van der Waals surface area contributed by atoms with Gasteiger partial charge in [-0.25, -0.2) is 0 Å². The van der Waals surface area contributed by atoms with Gasteiger partial charge in [-0.05, 0) is 54.5 Å². The number of aryl methyl sites for hydroxylation is 3. The second-order valence-electron chi connectivity index (χ2n) is 6.63. The number of H-pyrrole nitrogens is 1. The normalized spacial score (nSPS) is 12.2. The Kier molecular flexibility index (Phi) is 3.54. The van der Waals surface area contributed by atoms with Crippen molar-refractivity contribution in [3.8, 4) is 28.5 Å². The fraction of sp³-hybridized carbons (Fsp3) is 0.182. The van der Waals surface area contributed by atoms with Crippen LogP contribution in [0.4, 0.5) is 0 Å². The molecule has 0 aliphatic heterocycles. The maximum Gasteiger partial charge on any atom is 0.266 e. The number of aromatic amines is 1. The Hall–Kier alpha value is -3.12. The molecule has 3 nitrogen and oxygen atoms in total. The first kappa shape index (κ1) is 15.4. The molecule has 2 aromatic carbocycles. The molecule has 3 heteroatoms. The summed E-state index contributed by atoms with van der Waals surface area (Å²) in [5, 5.41) is 9.61. The van der Waals surface area contributed by atoms with Crippen LogP contribution in [0, 0.1) is 25.2 Å². The van der Waals surface area contributed by atoms with E-state index in [2.05, 4.69) is 43.1 Å². The fourth-order valence-electron chi connectivity index (χ4n) is 3.68. The van der Waals surface area contributed by atoms with Crippen molar-refractivity contribution in [2.24, 2.45) is 0 Å². The van der Waals surface area contributed by atoms with E-state index < -0.39 is 0 Å². The molecular formula is C22H18N2O. The Labute approximate surface area is 146 Å². The van der Waals surface area contributed by atoms with Gasteiger partial charge in [-0.15, -0.1) is 0 Å². The van der Waals surface area contributed by atoms with Gasteiger partial charge in [0.05, 0.1) is 5.69 Å². The summed E-state index contributed by atoms with van der Waals surface area (Å²) in [7, 11) is 0. The summed E-state index contributed by atoms with van der Waals surface area (Å²) < 4.78 is 0. The summed E-state index contributed by atoms with van der Waals surface area (Å²) >= 11 is 0. The molecule has 0 fully saturated rings. The van der Waals surface area contributed by atoms with Crippen LogP contribution in [0.2, 0.25) is 0 Å². The molecule has 1 heterocycles. The standard InChI is InChI=1S/C22H18N2O/c1-13-7-8-16(11-14(13)2)20-18-10-9-15-5-3-4-6-17(15)21(18)24-22(25)19(20)12-23/h3-8,11H,9-10H2,1-2H3,(H,24,25). The van der Waals surface area contributed by atoms with E-state index in [1.807, 2.05) is 24.3 Å². The van der Waals surface area contributed by atoms with Crippen molar-refractivity contribution < 1.29 is 0 Å². The van der Waals surface area contributed by atoms with Crippen molar-refractivity contribution in [1.82, 2.24) is 4.98 Å². The molecule has 1 N–H and O–H groups in total. The third-order valence-electron chi connectivity index (χ3n) is 5.16. The lowest BCUT2D eigenvalue weighted by Gasteiger charge is -2.23. The fourth-order valence-corrected chi connectivity index (χ4v) is 3.68. The number of nitrogens with zero attached hydrogens (tertiary/aromatic N) is 1. The molecule has 0 unspecified atom stereocenters. The molecule has 3 aromatic rings. The molecule has 4 rings (SSSR count). The molecule has 122 valence electrons. The first-order valence-corrected chi connectivity index (χ1v) is 8.45. The van der Waals surface area contributed by atoms with E-state index in [-0.39, 0.29) is 11.1 Å². The van der Waals surface area contributed by atoms with E-state index in [4.69, 9.17) is 0 Å². The van der Waals surface area contributed by atoms with Crippen molar-refractivity contribution in [3.63, 3.8) is 0 Å². The number of hydrogen-bond acceptors (Lipinski definition) is 2. The lowest BCUT2D eigenvalue weighted by Crippen LogP contribution is -2.19. The highest BCUT2D eigenvalue weighted by Gasteiger charge is 2.24. The molecule has 1 aromatic heterocycles. The lowest BCUT2D eigenvalue weighted by atomic mass is 9.83. The van der Waals surface area contributed by atoms with Gasteiger partial charge in [0.1, 0.15) is 11.6 Å². The maximum absolute atomic E-state index is 12.6. The van der Waals surface area contributed by atoms with Gasteiger partial charge in [0.2, 0.25) is 0 Å². The molecule has 1 aliphatic rings. The molecule has 0 saturated carbocycles. The minimum Gasteiger partial charge on any atom is -0.320 e. The molecule has 0 spiro atoms. The number of rotatable bonds is 1. The maximum atomic E-state index is 12.6. The summed E-state index contributed by atoms with van der Waals surface area (Å²) in [6, 6.07) is 16.4. The van der Waals surface area contributed by atoms with E-state index in [1.165, 1.54) is 11.1 Å². The number of pyridine rings is 1. The van der Waals surface area contributed by atoms with Crippen LogP contribution in [0.1, 0.15) is 27.8 Å². The SMILES string of the molecule is Cc1ccc(-c2c3c([nH]c(=O)c2C#N)-c2ccccc2CC3)cc1C. The van der Waals surface area contributed by atoms with Crippen molar-refractivity contribution in [2.75, 3.05) is 0 Å². The average Bonchev–Trinajstić information content (AvgIpc) is 2.63. The average molecular weight is 326 g/mol. The highest BCUT2D eigenvalue weighted by molar-refractivity contribution is 5.82. The van der Waals surface area contributed by atoms with Crippen LogP contribution in [-0.2, 0) is 12.8 Å². The Morgan fingerprint density at radius 3 is 2.60 bits per heavy atom. The minimum absolute atomic E-state index is 0.210. The topological polar surface area (TPSA) is 56.6 Å². The van der Waals surface area contributed by atoms with Crippen LogP contribution in [-0.4, -0.2) is 4.98 Å². The number of nitriles is 1. The van der Waals surface area contributed by atoms with Gasteiger partial charge in [0.15, 0.2) is 0 Å². The molecule has 0 bridgehead atoms. The predicted octanol–water partition coefficient (Wildman–Crippen LogP) is 4.30. The largest absolute Gasteiger partial charge is 0.320 e. The third kappa shape index (κ3) is 2.38. The molecular weight excluding hydrogens is 308 g/mol. The van der Waals surface area contributed by atoms with Crippen molar-refractivity contribution in [2.45, 2.75) is 26.7 Å². The zero-order chi connectivity index (χ0) is 17.6. The Balaban J connectivity index is 2.08. The second-order valence-corrected chi connectivity index (χ2v) is 6.63. The molecule has 25 heavy (non-hydrogen) atoms. The van der Waals surface area contributed by atoms with Gasteiger partial charge in [-0.3, -0.25) is 4.79 Å². The van der Waals surface area contributed by atoms with Crippen LogP contribution in [0.5, 0.6) is 0 Å². The van der Waals surface area contributed by atoms with Crippen molar-refractivity contribution in [3.05, 3.63) is 80.6 Å². The highest BCUT2D eigenvalue weighted by atomic mass is 16.1. The number of nitrogens with one attached hydrogen (secondary N) is 1. The Morgan fingerprint density at radius 1 is 1.04 bits per heavy atom. The van der Waals surface area contributed by atoms with Crippen LogP contribution >= 0.6 is 0 Å². The Bertz CT molecular complexity index is 1100. The summed E-state index contributed by atoms with van der Waals surface area (Å²) in [5.41, 5.74) is 8.22. The zero-order valence-corrected chi connectivity index (χ0v) is 14.3. The van der Waals surface area contributed by atoms with Gasteiger partial charge in [0.25, 0.3) is 5.56 Å². The van der Waals surface area contributed by atoms with E-state index in [0.29, 0.717) is 0 Å². The van der Waals surface area contributed by atoms with Gasteiger partial charge < -0.3 is 4.98 Å². The predicted molar refractivity (Wildman–Crippen MR) is 99.5 cm³/mol. The number of benzene rings is 2. The Morgan fingerprint density at radius 2 is 1.84 bits per heavy atom. The first-order valence-electron chi connectivity index (χ1n) is 8.45. The van der Waals surface area contributed by atoms with Gasteiger partial charge in [-0.2, -0.15) is 5.26 Å². The summed E-state index contributed by atoms with van der Waals surface area (Å²) in [4.78, 5) is 15.6. The van der Waals surface area contributed by atoms with Gasteiger partial charge in [-0.1, -0.05) is 42.5 Å². The van der Waals surface area contributed by atoms with Crippen LogP contribution in [0.3, 0.4) is 0 Å². The van der Waals surface area contributed by atoms with E-state index in [9.17, 15) is 10.1 Å². The lowest BCUT2D eigenvalue weighted by molar-refractivity contribution is 0.923. The smallest absolute Gasteiger partial charge is 0.266 e. The number of hydrogen-bond donors (Lipinski definition) is 1. The molecule has 1 aliphatic carbocycles. The molecule has 0 amide bonds. The monoisotopic (exact) mass is 326 g/mol. The third-order valence-corrected chi connectivity index (χ3v) is 5.16. The summed E-state index contributed by atoms with van der Waals surface area (Å²) in [6.45, 7) is 4.12. The van der Waals surface area contributed by atoms with E-state index >= 15 is 0 Å². The highest BCUT2D eigenvalue weighted by Crippen LogP contribution is 2.38. The van der Waals surface area contributed by atoms with Crippen LogP contribution in [0.25, 0.3) is 22.4 Å². The summed E-state index contributed by atoms with van der Waals surface area (Å²) in [6.07, 6.45) is 1.73. The van der Waals surface area contributed by atoms with Crippen LogP contribution < -0.4 is 5.56 Å². The number of fused-ring (bicyclic) bond motifs is 3.